The molecule has 1 aliphatic heterocycles. The topological polar surface area (TPSA) is 32.3 Å². The average Bonchev–Trinajstić information content (AvgIpc) is 3.13. The summed E-state index contributed by atoms with van der Waals surface area (Å²) in [5, 5.41) is 5.82. The normalized spacial score (nSPS) is 18.5. The Morgan fingerprint density at radius 3 is 2.73 bits per heavy atom. The molecule has 0 radical (unpaired) electrons. The van der Waals surface area contributed by atoms with Crippen LogP contribution in [0.1, 0.15) is 23.8 Å². The summed E-state index contributed by atoms with van der Waals surface area (Å²) in [6.07, 6.45) is 2.21. The van der Waals surface area contributed by atoms with Crippen LogP contribution in [-0.2, 0) is 4.79 Å². The molecule has 1 aromatic carbocycles. The number of nitrogens with zero attached hydrogens (tertiary/aromatic N) is 1. The van der Waals surface area contributed by atoms with Crippen LogP contribution >= 0.6 is 34.5 Å². The Kier molecular flexibility index (Phi) is 5.03. The maximum atomic E-state index is 12.3. The maximum absolute atomic E-state index is 12.3. The Morgan fingerprint density at radius 1 is 1.27 bits per heavy atom. The lowest BCUT2D eigenvalue weighted by Gasteiger charge is -2.23. The van der Waals surface area contributed by atoms with Gasteiger partial charge in [0.2, 0.25) is 5.91 Å². The molecule has 1 aromatic heterocycles. The second kappa shape index (κ2) is 7.01. The second-order valence-electron chi connectivity index (χ2n) is 5.29. The molecule has 1 amide bonds. The van der Waals surface area contributed by atoms with Crippen LogP contribution < -0.4 is 5.32 Å². The Morgan fingerprint density at radius 2 is 2.05 bits per heavy atom. The van der Waals surface area contributed by atoms with E-state index in [1.165, 1.54) is 4.88 Å². The van der Waals surface area contributed by atoms with Gasteiger partial charge in [0.15, 0.2) is 0 Å². The fourth-order valence-electron chi connectivity index (χ4n) is 2.80. The molecule has 1 saturated heterocycles. The van der Waals surface area contributed by atoms with E-state index >= 15 is 0 Å². The number of nitrogens with one attached hydrogen (secondary N) is 1. The Hall–Kier alpha value is -1.07. The third kappa shape index (κ3) is 3.46. The molecule has 22 heavy (non-hydrogen) atoms. The SMILES string of the molecule is O=C(CN1CCCC1c1cccs1)Nc1c(Cl)cccc1Cl. The Labute approximate surface area is 143 Å². The van der Waals surface area contributed by atoms with Crippen molar-refractivity contribution in [1.82, 2.24) is 4.90 Å². The van der Waals surface area contributed by atoms with Gasteiger partial charge in [-0.05, 0) is 43.0 Å². The van der Waals surface area contributed by atoms with E-state index in [9.17, 15) is 4.79 Å². The van der Waals surface area contributed by atoms with Crippen molar-refractivity contribution in [2.75, 3.05) is 18.4 Å². The van der Waals surface area contributed by atoms with Crippen molar-refractivity contribution in [3.05, 3.63) is 50.6 Å². The number of hydrogen-bond acceptors (Lipinski definition) is 3. The van der Waals surface area contributed by atoms with Gasteiger partial charge in [-0.25, -0.2) is 0 Å². The summed E-state index contributed by atoms with van der Waals surface area (Å²) in [5.41, 5.74) is 0.489. The van der Waals surface area contributed by atoms with Gasteiger partial charge in [0.25, 0.3) is 0 Å². The highest BCUT2D eigenvalue weighted by atomic mass is 35.5. The summed E-state index contributed by atoms with van der Waals surface area (Å²) in [7, 11) is 0. The van der Waals surface area contributed by atoms with Crippen LogP contribution in [0.3, 0.4) is 0 Å². The van der Waals surface area contributed by atoms with Crippen LogP contribution in [0.25, 0.3) is 0 Å². The van der Waals surface area contributed by atoms with E-state index in [1.54, 1.807) is 29.5 Å². The molecule has 2 heterocycles. The molecule has 1 aliphatic rings. The minimum atomic E-state index is -0.0848. The number of para-hydroxylation sites is 1. The van der Waals surface area contributed by atoms with Gasteiger partial charge >= 0.3 is 0 Å². The monoisotopic (exact) mass is 354 g/mol. The molecule has 2 aromatic rings. The van der Waals surface area contributed by atoms with Crippen molar-refractivity contribution < 1.29 is 4.79 Å². The number of rotatable bonds is 4. The summed E-state index contributed by atoms with van der Waals surface area (Å²) >= 11 is 13.9. The molecule has 3 nitrogen and oxygen atoms in total. The van der Waals surface area contributed by atoms with Crippen molar-refractivity contribution in [2.24, 2.45) is 0 Å². The van der Waals surface area contributed by atoms with Gasteiger partial charge in [0, 0.05) is 10.9 Å². The number of carbonyl (C=O) groups excluding carboxylic acids is 1. The molecule has 0 bridgehead atoms. The van der Waals surface area contributed by atoms with Crippen molar-refractivity contribution in [3.8, 4) is 0 Å². The zero-order valence-corrected chi connectivity index (χ0v) is 14.2. The number of amides is 1. The second-order valence-corrected chi connectivity index (χ2v) is 7.08. The molecule has 1 atom stereocenters. The molecule has 0 saturated carbocycles. The number of thiophene rings is 1. The number of halogens is 2. The van der Waals surface area contributed by atoms with Crippen molar-refractivity contribution >= 4 is 46.1 Å². The molecule has 3 rings (SSSR count). The highest BCUT2D eigenvalue weighted by molar-refractivity contribution is 7.10. The summed E-state index contributed by atoms with van der Waals surface area (Å²) < 4.78 is 0. The summed E-state index contributed by atoms with van der Waals surface area (Å²) in [4.78, 5) is 15.9. The Bertz CT molecular complexity index is 640. The molecule has 0 spiro atoms. The predicted molar refractivity (Wildman–Crippen MR) is 93.0 cm³/mol. The van der Waals surface area contributed by atoms with E-state index in [0.717, 1.165) is 19.4 Å². The molecule has 116 valence electrons. The minimum absolute atomic E-state index is 0.0848. The van der Waals surface area contributed by atoms with Crippen LogP contribution in [0.2, 0.25) is 10.0 Å². The van der Waals surface area contributed by atoms with Crippen LogP contribution in [0.5, 0.6) is 0 Å². The van der Waals surface area contributed by atoms with Gasteiger partial charge in [0.05, 0.1) is 22.3 Å². The standard InChI is InChI=1S/C16H16Cl2N2OS/c17-11-4-1-5-12(18)16(11)19-15(21)10-20-8-2-6-13(20)14-7-3-9-22-14/h1,3-5,7,9,13H,2,6,8,10H2,(H,19,21). The molecular weight excluding hydrogens is 339 g/mol. The molecule has 6 heteroatoms. The molecular formula is C16H16Cl2N2OS. The molecule has 0 aliphatic carbocycles. The number of likely N-dealkylation sites (tertiary alicyclic amines) is 1. The number of hydrogen-bond donors (Lipinski definition) is 1. The number of benzene rings is 1. The first-order valence-corrected chi connectivity index (χ1v) is 8.80. The van der Waals surface area contributed by atoms with Crippen LogP contribution in [-0.4, -0.2) is 23.9 Å². The van der Waals surface area contributed by atoms with Crippen molar-refractivity contribution in [1.29, 1.82) is 0 Å². The van der Waals surface area contributed by atoms with Gasteiger partial charge in [0.1, 0.15) is 0 Å². The van der Waals surface area contributed by atoms with Gasteiger partial charge < -0.3 is 5.32 Å². The zero-order valence-electron chi connectivity index (χ0n) is 11.9. The largest absolute Gasteiger partial charge is 0.322 e. The van der Waals surface area contributed by atoms with Crippen molar-refractivity contribution in [2.45, 2.75) is 18.9 Å². The molecule has 1 fully saturated rings. The Balaban J connectivity index is 1.67. The minimum Gasteiger partial charge on any atom is -0.322 e. The van der Waals surface area contributed by atoms with Gasteiger partial charge in [-0.15, -0.1) is 11.3 Å². The quantitative estimate of drug-likeness (QED) is 0.852. The lowest BCUT2D eigenvalue weighted by Crippen LogP contribution is -2.32. The lowest BCUT2D eigenvalue weighted by atomic mass is 10.2. The average molecular weight is 355 g/mol. The number of anilines is 1. The van der Waals surface area contributed by atoms with Gasteiger partial charge in [-0.2, -0.15) is 0 Å². The molecule has 1 N–H and O–H groups in total. The van der Waals surface area contributed by atoms with Crippen LogP contribution in [0.15, 0.2) is 35.7 Å². The summed E-state index contributed by atoms with van der Waals surface area (Å²) in [5.74, 6) is -0.0848. The highest BCUT2D eigenvalue weighted by Gasteiger charge is 2.28. The zero-order chi connectivity index (χ0) is 15.5. The van der Waals surface area contributed by atoms with E-state index in [0.29, 0.717) is 28.3 Å². The molecule has 1 unspecified atom stereocenters. The maximum Gasteiger partial charge on any atom is 0.238 e. The van der Waals surface area contributed by atoms with Crippen molar-refractivity contribution in [3.63, 3.8) is 0 Å². The van der Waals surface area contributed by atoms with E-state index < -0.39 is 0 Å². The summed E-state index contributed by atoms with van der Waals surface area (Å²) in [6, 6.07) is 9.72. The lowest BCUT2D eigenvalue weighted by molar-refractivity contribution is -0.117. The fourth-order valence-corrected chi connectivity index (χ4v) is 4.19. The van der Waals surface area contributed by atoms with Crippen LogP contribution in [0, 0.1) is 0 Å². The van der Waals surface area contributed by atoms with E-state index in [1.807, 2.05) is 0 Å². The van der Waals surface area contributed by atoms with E-state index in [-0.39, 0.29) is 5.91 Å². The van der Waals surface area contributed by atoms with Crippen LogP contribution in [0.4, 0.5) is 5.69 Å². The third-order valence-corrected chi connectivity index (χ3v) is 5.41. The smallest absolute Gasteiger partial charge is 0.238 e. The number of carbonyl (C=O) groups is 1. The highest BCUT2D eigenvalue weighted by Crippen LogP contribution is 2.34. The van der Waals surface area contributed by atoms with E-state index in [2.05, 4.69) is 27.7 Å². The third-order valence-electron chi connectivity index (χ3n) is 3.81. The first-order chi connectivity index (χ1) is 10.6. The van der Waals surface area contributed by atoms with Gasteiger partial charge in [-0.3, -0.25) is 9.69 Å². The predicted octanol–water partition coefficient (Wildman–Crippen LogP) is 4.83. The summed E-state index contributed by atoms with van der Waals surface area (Å²) in [6.45, 7) is 1.29. The first-order valence-electron chi connectivity index (χ1n) is 7.16. The van der Waals surface area contributed by atoms with Gasteiger partial charge in [-0.1, -0.05) is 35.3 Å². The van der Waals surface area contributed by atoms with E-state index in [4.69, 9.17) is 23.2 Å². The first kappa shape index (κ1) is 15.8. The fraction of sp³-hybridized carbons (Fsp3) is 0.312.